The normalized spacial score (nSPS) is 24.1. The topological polar surface area (TPSA) is 21.3 Å². The molecule has 1 N–H and O–H groups in total. The number of benzene rings is 1. The van der Waals surface area contributed by atoms with Crippen LogP contribution in [0.15, 0.2) is 28.7 Å². The van der Waals surface area contributed by atoms with Gasteiger partial charge in [0.15, 0.2) is 0 Å². The quantitative estimate of drug-likeness (QED) is 0.892. The molecule has 1 aromatic carbocycles. The Labute approximate surface area is 99.1 Å². The molecule has 1 saturated heterocycles. The Morgan fingerprint density at radius 3 is 2.73 bits per heavy atom. The predicted octanol–water partition coefficient (Wildman–Crippen LogP) is 2.97. The van der Waals surface area contributed by atoms with E-state index in [2.05, 4.69) is 35.1 Å². The van der Waals surface area contributed by atoms with Gasteiger partial charge in [-0.05, 0) is 41.9 Å². The highest BCUT2D eigenvalue weighted by molar-refractivity contribution is 9.10. The van der Waals surface area contributed by atoms with E-state index in [-0.39, 0.29) is 11.6 Å². The third-order valence-corrected chi connectivity index (χ3v) is 3.33. The first-order valence-electron chi connectivity index (χ1n) is 5.23. The van der Waals surface area contributed by atoms with Gasteiger partial charge in [-0.2, -0.15) is 0 Å². The maximum atomic E-state index is 5.93. The van der Waals surface area contributed by atoms with E-state index in [0.29, 0.717) is 0 Å². The fourth-order valence-electron chi connectivity index (χ4n) is 1.91. The molecule has 15 heavy (non-hydrogen) atoms. The summed E-state index contributed by atoms with van der Waals surface area (Å²) in [4.78, 5) is 0. The van der Waals surface area contributed by atoms with Crippen LogP contribution in [0.5, 0.6) is 5.75 Å². The fraction of sp³-hybridized carbons (Fsp3) is 0.500. The van der Waals surface area contributed by atoms with Gasteiger partial charge in [0.25, 0.3) is 0 Å². The maximum Gasteiger partial charge on any atom is 0.133 e. The van der Waals surface area contributed by atoms with Gasteiger partial charge in [0.2, 0.25) is 0 Å². The summed E-state index contributed by atoms with van der Waals surface area (Å²) < 4.78 is 6.96. The zero-order valence-electron chi connectivity index (χ0n) is 9.09. The summed E-state index contributed by atoms with van der Waals surface area (Å²) in [5.41, 5.74) is 0.200. The van der Waals surface area contributed by atoms with Crippen LogP contribution in [-0.4, -0.2) is 18.2 Å². The highest BCUT2D eigenvalue weighted by Gasteiger charge is 2.31. The van der Waals surface area contributed by atoms with E-state index in [1.54, 1.807) is 0 Å². The van der Waals surface area contributed by atoms with Gasteiger partial charge in [-0.1, -0.05) is 12.1 Å². The zero-order chi connectivity index (χ0) is 10.9. The van der Waals surface area contributed by atoms with E-state index in [1.165, 1.54) is 0 Å². The van der Waals surface area contributed by atoms with Gasteiger partial charge in [0.1, 0.15) is 11.9 Å². The number of hydrogen-bond donors (Lipinski definition) is 1. The lowest BCUT2D eigenvalue weighted by molar-refractivity contribution is 0.213. The Hall–Kier alpha value is -0.540. The molecule has 1 aliphatic rings. The number of para-hydroxylation sites is 1. The molecule has 2 rings (SSSR count). The summed E-state index contributed by atoms with van der Waals surface area (Å²) in [5.74, 6) is 0.932. The first kappa shape index (κ1) is 11.0. The lowest BCUT2D eigenvalue weighted by Gasteiger charge is -2.18. The van der Waals surface area contributed by atoms with Gasteiger partial charge in [-0.25, -0.2) is 0 Å². The molecule has 82 valence electrons. The van der Waals surface area contributed by atoms with Gasteiger partial charge in [-0.3, -0.25) is 0 Å². The van der Waals surface area contributed by atoms with E-state index in [4.69, 9.17) is 4.74 Å². The molecule has 2 nitrogen and oxygen atoms in total. The summed E-state index contributed by atoms with van der Waals surface area (Å²) in [7, 11) is 0. The molecule has 0 amide bonds. The summed E-state index contributed by atoms with van der Waals surface area (Å²) in [5, 5.41) is 3.45. The van der Waals surface area contributed by atoms with Gasteiger partial charge in [0.05, 0.1) is 4.47 Å². The standard InChI is InChI=1S/C12H16BrNO/c1-12(2)7-9(8-14-12)15-11-6-4-3-5-10(11)13/h3-6,9,14H,7-8H2,1-2H3. The number of halogens is 1. The molecule has 1 aromatic rings. The molecule has 1 atom stereocenters. The molecular formula is C12H16BrNO. The smallest absolute Gasteiger partial charge is 0.133 e. The van der Waals surface area contributed by atoms with E-state index >= 15 is 0 Å². The zero-order valence-corrected chi connectivity index (χ0v) is 10.7. The van der Waals surface area contributed by atoms with Crippen molar-refractivity contribution in [1.82, 2.24) is 5.32 Å². The van der Waals surface area contributed by atoms with Crippen LogP contribution in [0.3, 0.4) is 0 Å². The first-order valence-corrected chi connectivity index (χ1v) is 6.02. The van der Waals surface area contributed by atoms with Crippen LogP contribution < -0.4 is 10.1 Å². The van der Waals surface area contributed by atoms with Crippen molar-refractivity contribution in [2.75, 3.05) is 6.54 Å². The first-order chi connectivity index (χ1) is 7.07. The Kier molecular flexibility index (Phi) is 3.03. The van der Waals surface area contributed by atoms with E-state index in [9.17, 15) is 0 Å². The summed E-state index contributed by atoms with van der Waals surface area (Å²) >= 11 is 3.49. The van der Waals surface area contributed by atoms with Crippen molar-refractivity contribution in [1.29, 1.82) is 0 Å². The van der Waals surface area contributed by atoms with Crippen molar-refractivity contribution in [3.05, 3.63) is 28.7 Å². The fourth-order valence-corrected chi connectivity index (χ4v) is 2.29. The SMILES string of the molecule is CC1(C)CC(Oc2ccccc2Br)CN1. The average Bonchev–Trinajstić information content (AvgIpc) is 2.50. The van der Waals surface area contributed by atoms with Crippen molar-refractivity contribution < 1.29 is 4.74 Å². The highest BCUT2D eigenvalue weighted by atomic mass is 79.9. The maximum absolute atomic E-state index is 5.93. The molecule has 0 aromatic heterocycles. The number of ether oxygens (including phenoxy) is 1. The molecule has 0 radical (unpaired) electrons. The average molecular weight is 270 g/mol. The third-order valence-electron chi connectivity index (χ3n) is 2.68. The van der Waals surface area contributed by atoms with Crippen LogP contribution in [0.25, 0.3) is 0 Å². The third kappa shape index (κ3) is 2.73. The second-order valence-electron chi connectivity index (χ2n) is 4.64. The van der Waals surface area contributed by atoms with Gasteiger partial charge >= 0.3 is 0 Å². The van der Waals surface area contributed by atoms with Crippen molar-refractivity contribution in [3.63, 3.8) is 0 Å². The Morgan fingerprint density at radius 1 is 1.40 bits per heavy atom. The molecule has 0 saturated carbocycles. The van der Waals surface area contributed by atoms with Crippen LogP contribution >= 0.6 is 15.9 Å². The predicted molar refractivity (Wildman–Crippen MR) is 65.3 cm³/mol. The van der Waals surface area contributed by atoms with Crippen molar-refractivity contribution in [2.45, 2.75) is 31.9 Å². The van der Waals surface area contributed by atoms with E-state index in [0.717, 1.165) is 23.2 Å². The van der Waals surface area contributed by atoms with Crippen LogP contribution in [0, 0.1) is 0 Å². The lowest BCUT2D eigenvalue weighted by Crippen LogP contribution is -2.31. The van der Waals surface area contributed by atoms with Crippen molar-refractivity contribution in [2.24, 2.45) is 0 Å². The summed E-state index contributed by atoms with van der Waals surface area (Å²) in [6.45, 7) is 5.33. The largest absolute Gasteiger partial charge is 0.488 e. The molecular weight excluding hydrogens is 254 g/mol. The van der Waals surface area contributed by atoms with E-state index < -0.39 is 0 Å². The monoisotopic (exact) mass is 269 g/mol. The van der Waals surface area contributed by atoms with Crippen LogP contribution in [-0.2, 0) is 0 Å². The molecule has 1 fully saturated rings. The number of hydrogen-bond acceptors (Lipinski definition) is 2. The van der Waals surface area contributed by atoms with E-state index in [1.807, 2.05) is 24.3 Å². The summed E-state index contributed by atoms with van der Waals surface area (Å²) in [6, 6.07) is 7.99. The van der Waals surface area contributed by atoms with Crippen molar-refractivity contribution >= 4 is 15.9 Å². The Balaban J connectivity index is 2.02. The van der Waals surface area contributed by atoms with Crippen LogP contribution in [0.2, 0.25) is 0 Å². The van der Waals surface area contributed by atoms with Gasteiger partial charge in [0, 0.05) is 18.5 Å². The minimum absolute atomic E-state index is 0.200. The van der Waals surface area contributed by atoms with Gasteiger partial charge in [-0.15, -0.1) is 0 Å². The Morgan fingerprint density at radius 2 is 2.13 bits per heavy atom. The highest BCUT2D eigenvalue weighted by Crippen LogP contribution is 2.28. The second kappa shape index (κ2) is 4.14. The molecule has 0 aliphatic carbocycles. The van der Waals surface area contributed by atoms with Crippen molar-refractivity contribution in [3.8, 4) is 5.75 Å². The van der Waals surface area contributed by atoms with Gasteiger partial charge < -0.3 is 10.1 Å². The van der Waals surface area contributed by atoms with Crippen LogP contribution in [0.4, 0.5) is 0 Å². The minimum Gasteiger partial charge on any atom is -0.488 e. The lowest BCUT2D eigenvalue weighted by atomic mass is 10.0. The number of nitrogens with one attached hydrogen (secondary N) is 1. The molecule has 1 aliphatic heterocycles. The minimum atomic E-state index is 0.200. The Bertz CT molecular complexity index is 351. The molecule has 3 heteroatoms. The molecule has 0 spiro atoms. The molecule has 0 bridgehead atoms. The number of rotatable bonds is 2. The van der Waals surface area contributed by atoms with Crippen LogP contribution in [0.1, 0.15) is 20.3 Å². The second-order valence-corrected chi connectivity index (χ2v) is 5.49. The molecule has 1 heterocycles. The molecule has 1 unspecified atom stereocenters. The summed E-state index contributed by atoms with van der Waals surface area (Å²) in [6.07, 6.45) is 1.33.